The Morgan fingerprint density at radius 3 is 2.88 bits per heavy atom. The third kappa shape index (κ3) is 4.78. The fraction of sp³-hybridized carbons (Fsp3) is 0.438. The molecule has 0 spiro atoms. The number of carbonyl (C=O) groups is 3. The molecule has 0 unspecified atom stereocenters. The van der Waals surface area contributed by atoms with E-state index in [-0.39, 0.29) is 24.8 Å². The van der Waals surface area contributed by atoms with Crippen LogP contribution in [0.15, 0.2) is 22.7 Å². The molecule has 1 aliphatic heterocycles. The molecule has 1 atom stereocenters. The van der Waals surface area contributed by atoms with Gasteiger partial charge in [0.15, 0.2) is 0 Å². The van der Waals surface area contributed by atoms with Crippen molar-refractivity contribution in [3.63, 3.8) is 0 Å². The lowest BCUT2D eigenvalue weighted by atomic mass is 10.1. The predicted molar refractivity (Wildman–Crippen MR) is 92.5 cm³/mol. The van der Waals surface area contributed by atoms with Crippen molar-refractivity contribution >= 4 is 39.4 Å². The summed E-state index contributed by atoms with van der Waals surface area (Å²) in [5.74, 6) is -0.980. The van der Waals surface area contributed by atoms with E-state index in [1.54, 1.807) is 11.0 Å². The maximum absolute atomic E-state index is 12.3. The van der Waals surface area contributed by atoms with E-state index in [1.807, 2.05) is 19.1 Å². The van der Waals surface area contributed by atoms with E-state index in [1.165, 1.54) is 7.11 Å². The van der Waals surface area contributed by atoms with E-state index in [0.29, 0.717) is 18.8 Å². The van der Waals surface area contributed by atoms with Gasteiger partial charge in [0.25, 0.3) is 0 Å². The van der Waals surface area contributed by atoms with Gasteiger partial charge in [-0.25, -0.2) is 0 Å². The Morgan fingerprint density at radius 1 is 1.46 bits per heavy atom. The van der Waals surface area contributed by atoms with Gasteiger partial charge in [-0.05, 0) is 30.7 Å². The Kier molecular flexibility index (Phi) is 6.33. The summed E-state index contributed by atoms with van der Waals surface area (Å²) in [6.07, 6.45) is -0.0764. The summed E-state index contributed by atoms with van der Waals surface area (Å²) in [4.78, 5) is 37.4. The monoisotopic (exact) mass is 397 g/mol. The first-order valence-electron chi connectivity index (χ1n) is 7.55. The van der Waals surface area contributed by atoms with Crippen LogP contribution in [0.5, 0.6) is 0 Å². The number of rotatable bonds is 5. The first-order valence-corrected chi connectivity index (χ1v) is 8.34. The minimum Gasteiger partial charge on any atom is -0.469 e. The minimum absolute atomic E-state index is 0.0319. The number of piperazine rings is 1. The molecule has 1 aromatic rings. The SMILES string of the molecule is COC(=O)C[C@H]1C(=O)NCCN1CC(=O)Nc1ccc(Br)c(C)c1. The molecule has 0 aliphatic carbocycles. The number of anilines is 1. The van der Waals surface area contributed by atoms with E-state index in [9.17, 15) is 14.4 Å². The molecule has 7 nitrogen and oxygen atoms in total. The average Bonchev–Trinajstić information content (AvgIpc) is 2.54. The molecule has 1 aliphatic rings. The molecule has 2 amide bonds. The van der Waals surface area contributed by atoms with Crippen molar-refractivity contribution in [2.24, 2.45) is 0 Å². The molecule has 1 fully saturated rings. The maximum atomic E-state index is 12.3. The Hall–Kier alpha value is -1.93. The highest BCUT2D eigenvalue weighted by molar-refractivity contribution is 9.10. The lowest BCUT2D eigenvalue weighted by molar-refractivity contribution is -0.146. The van der Waals surface area contributed by atoms with Gasteiger partial charge in [-0.1, -0.05) is 15.9 Å². The largest absolute Gasteiger partial charge is 0.469 e. The quantitative estimate of drug-likeness (QED) is 0.725. The van der Waals surface area contributed by atoms with Crippen LogP contribution < -0.4 is 10.6 Å². The second-order valence-corrected chi connectivity index (χ2v) is 6.42. The van der Waals surface area contributed by atoms with Gasteiger partial charge in [-0.15, -0.1) is 0 Å². The zero-order valence-corrected chi connectivity index (χ0v) is 15.2. The Balaban J connectivity index is 2.00. The predicted octanol–water partition coefficient (Wildman–Crippen LogP) is 1.06. The number of esters is 1. The molecule has 2 rings (SSSR count). The summed E-state index contributed by atoms with van der Waals surface area (Å²) < 4.78 is 5.59. The molecule has 24 heavy (non-hydrogen) atoms. The summed E-state index contributed by atoms with van der Waals surface area (Å²) in [6, 6.07) is 4.82. The zero-order valence-electron chi connectivity index (χ0n) is 13.6. The van der Waals surface area contributed by atoms with Crippen LogP contribution >= 0.6 is 15.9 Å². The van der Waals surface area contributed by atoms with Crippen LogP contribution in [-0.2, 0) is 19.1 Å². The lowest BCUT2D eigenvalue weighted by Gasteiger charge is -2.33. The second-order valence-electron chi connectivity index (χ2n) is 5.57. The molecule has 2 N–H and O–H groups in total. The second kappa shape index (κ2) is 8.25. The molecule has 0 bridgehead atoms. The van der Waals surface area contributed by atoms with Crippen LogP contribution in [0.1, 0.15) is 12.0 Å². The van der Waals surface area contributed by atoms with Crippen molar-refractivity contribution < 1.29 is 19.1 Å². The van der Waals surface area contributed by atoms with Crippen molar-refractivity contribution in [1.29, 1.82) is 0 Å². The van der Waals surface area contributed by atoms with Crippen LogP contribution in [-0.4, -0.2) is 55.5 Å². The molecular weight excluding hydrogens is 378 g/mol. The minimum atomic E-state index is -0.691. The third-order valence-electron chi connectivity index (χ3n) is 3.82. The number of methoxy groups -OCH3 is 1. The number of hydrogen-bond donors (Lipinski definition) is 2. The van der Waals surface area contributed by atoms with Crippen LogP contribution in [0, 0.1) is 6.92 Å². The summed E-state index contributed by atoms with van der Waals surface area (Å²) >= 11 is 3.41. The van der Waals surface area contributed by atoms with Gasteiger partial charge < -0.3 is 15.4 Å². The van der Waals surface area contributed by atoms with Gasteiger partial charge in [0.2, 0.25) is 11.8 Å². The standard InChI is InChI=1S/C16H20BrN3O4/c1-10-7-11(3-4-12(10)17)19-14(21)9-20-6-5-18-16(23)13(20)8-15(22)24-2/h3-4,7,13H,5-6,8-9H2,1-2H3,(H,18,23)(H,19,21)/t13-/m0/s1. The summed E-state index contributed by atoms with van der Waals surface area (Å²) in [6.45, 7) is 2.91. The molecule has 130 valence electrons. The number of halogens is 1. The number of nitrogens with zero attached hydrogens (tertiary/aromatic N) is 1. The van der Waals surface area contributed by atoms with E-state index in [4.69, 9.17) is 0 Å². The lowest BCUT2D eigenvalue weighted by Crippen LogP contribution is -2.57. The normalized spacial score (nSPS) is 18.0. The molecule has 8 heteroatoms. The molecule has 0 aromatic heterocycles. The third-order valence-corrected chi connectivity index (χ3v) is 4.71. The van der Waals surface area contributed by atoms with E-state index in [2.05, 4.69) is 31.3 Å². The summed E-state index contributed by atoms with van der Waals surface area (Å²) in [5.41, 5.74) is 1.69. The van der Waals surface area contributed by atoms with Crippen molar-refractivity contribution in [1.82, 2.24) is 10.2 Å². The molecule has 1 saturated heterocycles. The molecule has 0 radical (unpaired) electrons. The number of nitrogens with one attached hydrogen (secondary N) is 2. The molecular formula is C16H20BrN3O4. The van der Waals surface area contributed by atoms with Gasteiger partial charge in [0.1, 0.15) is 6.04 Å². The summed E-state index contributed by atoms with van der Waals surface area (Å²) in [7, 11) is 1.27. The number of benzene rings is 1. The molecule has 1 heterocycles. The van der Waals surface area contributed by atoms with Crippen molar-refractivity contribution in [3.05, 3.63) is 28.2 Å². The maximum Gasteiger partial charge on any atom is 0.307 e. The van der Waals surface area contributed by atoms with Gasteiger partial charge in [0, 0.05) is 23.2 Å². The number of aryl methyl sites for hydroxylation is 1. The fourth-order valence-electron chi connectivity index (χ4n) is 2.52. The van der Waals surface area contributed by atoms with E-state index < -0.39 is 12.0 Å². The zero-order chi connectivity index (χ0) is 17.7. The van der Waals surface area contributed by atoms with Crippen molar-refractivity contribution in [2.45, 2.75) is 19.4 Å². The molecule has 0 saturated carbocycles. The number of carbonyl (C=O) groups excluding carboxylic acids is 3. The van der Waals surface area contributed by atoms with E-state index >= 15 is 0 Å². The van der Waals surface area contributed by atoms with Crippen LogP contribution in [0.2, 0.25) is 0 Å². The Labute approximate surface area is 148 Å². The van der Waals surface area contributed by atoms with Crippen LogP contribution in [0.25, 0.3) is 0 Å². The Morgan fingerprint density at radius 2 is 2.21 bits per heavy atom. The van der Waals surface area contributed by atoms with Crippen LogP contribution in [0.3, 0.4) is 0 Å². The first kappa shape index (κ1) is 18.4. The number of hydrogen-bond acceptors (Lipinski definition) is 5. The topological polar surface area (TPSA) is 87.7 Å². The highest BCUT2D eigenvalue weighted by Gasteiger charge is 2.33. The van der Waals surface area contributed by atoms with Crippen molar-refractivity contribution in [2.75, 3.05) is 32.1 Å². The fourth-order valence-corrected chi connectivity index (χ4v) is 2.77. The van der Waals surface area contributed by atoms with Crippen LogP contribution in [0.4, 0.5) is 5.69 Å². The smallest absolute Gasteiger partial charge is 0.307 e. The Bertz CT molecular complexity index is 650. The average molecular weight is 398 g/mol. The first-order chi connectivity index (χ1) is 11.4. The van der Waals surface area contributed by atoms with Gasteiger partial charge in [0.05, 0.1) is 20.1 Å². The highest BCUT2D eigenvalue weighted by atomic mass is 79.9. The number of ether oxygens (including phenoxy) is 1. The summed E-state index contributed by atoms with van der Waals surface area (Å²) in [5, 5.41) is 5.51. The van der Waals surface area contributed by atoms with Gasteiger partial charge in [-0.2, -0.15) is 0 Å². The van der Waals surface area contributed by atoms with Crippen molar-refractivity contribution in [3.8, 4) is 0 Å². The van der Waals surface area contributed by atoms with Gasteiger partial charge >= 0.3 is 5.97 Å². The number of amides is 2. The van der Waals surface area contributed by atoms with Gasteiger partial charge in [-0.3, -0.25) is 19.3 Å². The highest BCUT2D eigenvalue weighted by Crippen LogP contribution is 2.20. The van der Waals surface area contributed by atoms with E-state index in [0.717, 1.165) is 10.0 Å². The molecule has 1 aromatic carbocycles.